The fourth-order valence-corrected chi connectivity index (χ4v) is 2.95. The van der Waals surface area contributed by atoms with Crippen LogP contribution in [0.4, 0.5) is 5.69 Å². The van der Waals surface area contributed by atoms with Crippen molar-refractivity contribution in [2.75, 3.05) is 18.5 Å². The summed E-state index contributed by atoms with van der Waals surface area (Å²) in [5, 5.41) is 4.81. The third-order valence-electron chi connectivity index (χ3n) is 3.52. The Morgan fingerprint density at radius 2 is 2.22 bits per heavy atom. The van der Waals surface area contributed by atoms with Gasteiger partial charge in [0.25, 0.3) is 0 Å². The predicted octanol–water partition coefficient (Wildman–Crippen LogP) is 3.96. The highest BCUT2D eigenvalue weighted by atomic mass is 32.1. The lowest BCUT2D eigenvalue weighted by Crippen LogP contribution is -2.16. The second-order valence-corrected chi connectivity index (χ2v) is 6.29. The highest BCUT2D eigenvalue weighted by Gasteiger charge is 2.15. The maximum Gasteiger partial charge on any atom is 0.248 e. The average Bonchev–Trinajstić information content (AvgIpc) is 3.26. The van der Waals surface area contributed by atoms with Gasteiger partial charge in [0.15, 0.2) is 0 Å². The van der Waals surface area contributed by atoms with Gasteiger partial charge in [-0.15, -0.1) is 11.3 Å². The van der Waals surface area contributed by atoms with Crippen LogP contribution in [0, 0.1) is 0 Å². The third-order valence-corrected chi connectivity index (χ3v) is 4.36. The van der Waals surface area contributed by atoms with Crippen LogP contribution in [-0.2, 0) is 9.53 Å². The zero-order valence-corrected chi connectivity index (χ0v) is 13.6. The Bertz CT molecular complexity index is 643. The van der Waals surface area contributed by atoms with Crippen LogP contribution in [-0.4, -0.2) is 25.2 Å². The number of carbonyl (C=O) groups is 1. The molecule has 0 spiro atoms. The lowest BCUT2D eigenvalue weighted by atomic mass is 10.2. The van der Waals surface area contributed by atoms with Gasteiger partial charge in [0.2, 0.25) is 5.91 Å². The highest BCUT2D eigenvalue weighted by molar-refractivity contribution is 7.10. The Balaban J connectivity index is 1.47. The van der Waals surface area contributed by atoms with Gasteiger partial charge in [-0.2, -0.15) is 0 Å². The van der Waals surface area contributed by atoms with E-state index in [2.05, 4.69) is 5.32 Å². The molecule has 1 amide bonds. The predicted molar refractivity (Wildman–Crippen MR) is 92.9 cm³/mol. The summed E-state index contributed by atoms with van der Waals surface area (Å²) in [5.41, 5.74) is 0.746. The van der Waals surface area contributed by atoms with Gasteiger partial charge in [0.05, 0.1) is 6.10 Å². The Labute approximate surface area is 139 Å². The molecule has 0 bridgehead atoms. The first-order chi connectivity index (χ1) is 11.3. The van der Waals surface area contributed by atoms with Crippen molar-refractivity contribution in [3.63, 3.8) is 0 Å². The first-order valence-corrected chi connectivity index (χ1v) is 8.54. The van der Waals surface area contributed by atoms with E-state index in [1.165, 1.54) is 6.08 Å². The number of nitrogens with one attached hydrogen (secondary N) is 1. The number of carbonyl (C=O) groups excluding carboxylic acids is 1. The Kier molecular flexibility index (Phi) is 5.45. The number of thiophene rings is 1. The second kappa shape index (κ2) is 7.94. The summed E-state index contributed by atoms with van der Waals surface area (Å²) in [7, 11) is 0. The summed E-state index contributed by atoms with van der Waals surface area (Å²) in [6, 6.07) is 11.3. The molecule has 0 aliphatic carbocycles. The summed E-state index contributed by atoms with van der Waals surface area (Å²) in [6.07, 6.45) is 5.71. The molecular weight excluding hydrogens is 310 g/mol. The average molecular weight is 329 g/mol. The van der Waals surface area contributed by atoms with Gasteiger partial charge in [0, 0.05) is 23.2 Å². The largest absolute Gasteiger partial charge is 0.491 e. The van der Waals surface area contributed by atoms with Crippen molar-refractivity contribution >= 4 is 29.0 Å². The van der Waals surface area contributed by atoms with Gasteiger partial charge < -0.3 is 14.8 Å². The smallest absolute Gasteiger partial charge is 0.248 e. The van der Waals surface area contributed by atoms with E-state index in [4.69, 9.17) is 9.47 Å². The van der Waals surface area contributed by atoms with E-state index in [0.717, 1.165) is 35.8 Å². The first-order valence-electron chi connectivity index (χ1n) is 7.67. The van der Waals surface area contributed by atoms with Crippen LogP contribution in [0.25, 0.3) is 6.08 Å². The molecule has 1 aliphatic heterocycles. The van der Waals surface area contributed by atoms with Crippen molar-refractivity contribution in [3.8, 4) is 5.75 Å². The fraction of sp³-hybridized carbons (Fsp3) is 0.278. The van der Waals surface area contributed by atoms with E-state index in [-0.39, 0.29) is 12.0 Å². The molecule has 1 aromatic carbocycles. The van der Waals surface area contributed by atoms with Gasteiger partial charge in [0.1, 0.15) is 12.4 Å². The Morgan fingerprint density at radius 1 is 1.35 bits per heavy atom. The van der Waals surface area contributed by atoms with Gasteiger partial charge in [-0.3, -0.25) is 4.79 Å². The SMILES string of the molecule is O=C(/C=C/c1cccs1)Nc1ccc(OCC2CCCO2)cc1. The van der Waals surface area contributed by atoms with Crippen LogP contribution in [0.3, 0.4) is 0 Å². The van der Waals surface area contributed by atoms with E-state index in [1.807, 2.05) is 41.8 Å². The molecule has 1 saturated heterocycles. The lowest BCUT2D eigenvalue weighted by molar-refractivity contribution is -0.111. The second-order valence-electron chi connectivity index (χ2n) is 5.31. The van der Waals surface area contributed by atoms with Gasteiger partial charge in [-0.25, -0.2) is 0 Å². The number of benzene rings is 1. The van der Waals surface area contributed by atoms with E-state index < -0.39 is 0 Å². The van der Waals surface area contributed by atoms with E-state index >= 15 is 0 Å². The molecule has 5 heteroatoms. The molecule has 1 aromatic heterocycles. The summed E-state index contributed by atoms with van der Waals surface area (Å²) < 4.78 is 11.2. The van der Waals surface area contributed by atoms with Gasteiger partial charge in [-0.1, -0.05) is 6.07 Å². The quantitative estimate of drug-likeness (QED) is 0.816. The van der Waals surface area contributed by atoms with Crippen molar-refractivity contribution in [2.24, 2.45) is 0 Å². The number of rotatable bonds is 6. The van der Waals surface area contributed by atoms with Gasteiger partial charge in [-0.05, 0) is 54.6 Å². The van der Waals surface area contributed by atoms with Crippen LogP contribution in [0.15, 0.2) is 47.9 Å². The first kappa shape index (κ1) is 15.8. The van der Waals surface area contributed by atoms with Crippen LogP contribution >= 0.6 is 11.3 Å². The normalized spacial score (nSPS) is 17.5. The minimum Gasteiger partial charge on any atom is -0.491 e. The fourth-order valence-electron chi connectivity index (χ4n) is 2.33. The molecule has 1 N–H and O–H groups in total. The summed E-state index contributed by atoms with van der Waals surface area (Å²) in [5.74, 6) is 0.638. The maximum atomic E-state index is 11.9. The van der Waals surface area contributed by atoms with Crippen molar-refractivity contribution in [2.45, 2.75) is 18.9 Å². The number of hydrogen-bond acceptors (Lipinski definition) is 4. The summed E-state index contributed by atoms with van der Waals surface area (Å²) in [6.45, 7) is 1.41. The van der Waals surface area contributed by atoms with E-state index in [9.17, 15) is 4.79 Å². The van der Waals surface area contributed by atoms with Crippen molar-refractivity contribution < 1.29 is 14.3 Å². The standard InChI is InChI=1S/C18H19NO3S/c20-18(10-9-17-4-2-12-23-17)19-14-5-7-15(8-6-14)22-13-16-3-1-11-21-16/h2,4-10,12,16H,1,3,11,13H2,(H,19,20)/b10-9+. The van der Waals surface area contributed by atoms with E-state index in [0.29, 0.717) is 6.61 Å². The van der Waals surface area contributed by atoms with Gasteiger partial charge >= 0.3 is 0 Å². The molecular formula is C18H19NO3S. The number of hydrogen-bond donors (Lipinski definition) is 1. The molecule has 2 heterocycles. The highest BCUT2D eigenvalue weighted by Crippen LogP contribution is 2.18. The molecule has 0 radical (unpaired) electrons. The lowest BCUT2D eigenvalue weighted by Gasteiger charge is -2.11. The zero-order valence-electron chi connectivity index (χ0n) is 12.7. The number of ether oxygens (including phenoxy) is 2. The minimum atomic E-state index is -0.147. The third kappa shape index (κ3) is 4.94. The molecule has 2 aromatic rings. The number of anilines is 1. The monoisotopic (exact) mass is 329 g/mol. The van der Waals surface area contributed by atoms with Crippen molar-refractivity contribution in [1.29, 1.82) is 0 Å². The van der Waals surface area contributed by atoms with Crippen LogP contribution in [0.2, 0.25) is 0 Å². The topological polar surface area (TPSA) is 47.6 Å². The zero-order chi connectivity index (χ0) is 15.9. The maximum absolute atomic E-state index is 11.9. The molecule has 1 fully saturated rings. The molecule has 1 aliphatic rings. The molecule has 4 nitrogen and oxygen atoms in total. The summed E-state index contributed by atoms with van der Waals surface area (Å²) in [4.78, 5) is 12.9. The molecule has 120 valence electrons. The summed E-state index contributed by atoms with van der Waals surface area (Å²) >= 11 is 1.60. The van der Waals surface area contributed by atoms with Crippen molar-refractivity contribution in [3.05, 3.63) is 52.7 Å². The molecule has 1 unspecified atom stereocenters. The number of amides is 1. The Hall–Kier alpha value is -2.11. The van der Waals surface area contributed by atoms with Crippen LogP contribution < -0.4 is 10.1 Å². The van der Waals surface area contributed by atoms with Crippen molar-refractivity contribution in [1.82, 2.24) is 0 Å². The van der Waals surface area contributed by atoms with E-state index in [1.54, 1.807) is 17.4 Å². The molecule has 1 atom stereocenters. The van der Waals surface area contributed by atoms with Crippen LogP contribution in [0.5, 0.6) is 5.75 Å². The van der Waals surface area contributed by atoms with Crippen LogP contribution in [0.1, 0.15) is 17.7 Å². The molecule has 3 rings (SSSR count). The molecule has 23 heavy (non-hydrogen) atoms. The minimum absolute atomic E-state index is 0.147. The molecule has 0 saturated carbocycles. The Morgan fingerprint density at radius 3 is 2.91 bits per heavy atom.